The highest BCUT2D eigenvalue weighted by Crippen LogP contribution is 2.30. The maximum Gasteiger partial charge on any atom is 0.212 e. The van der Waals surface area contributed by atoms with Crippen molar-refractivity contribution in [3.8, 4) is 11.8 Å². The van der Waals surface area contributed by atoms with E-state index in [1.54, 1.807) is 12.1 Å². The van der Waals surface area contributed by atoms with Crippen LogP contribution in [0.5, 0.6) is 5.75 Å². The molecule has 0 amide bonds. The summed E-state index contributed by atoms with van der Waals surface area (Å²) in [4.78, 5) is 13.9. The first-order chi connectivity index (χ1) is 18.4. The Morgan fingerprint density at radius 2 is 2.00 bits per heavy atom. The summed E-state index contributed by atoms with van der Waals surface area (Å²) in [6.45, 7) is 14.3. The standard InChI is InChI=1S/C28H37FN8O/c1-5-32-28(34-25-11-8-20(18-33-25)36-14-12-35(6-2)13-15-36)22(17-30)27(31)38-24-10-9-23-21(26(24)29)16-19(4)37(23)7-3/h8-10,16,18,25H,5-7,11-15,31H2,1-4H3,(H,32,34)/b27-22+/t25-/m1/s1. The highest BCUT2D eigenvalue weighted by molar-refractivity contribution is 6.02. The summed E-state index contributed by atoms with van der Waals surface area (Å²) >= 11 is 0. The van der Waals surface area contributed by atoms with Crippen LogP contribution in [0.15, 0.2) is 51.4 Å². The molecule has 38 heavy (non-hydrogen) atoms. The van der Waals surface area contributed by atoms with E-state index in [1.807, 2.05) is 31.6 Å². The number of likely N-dealkylation sites (N-methyl/N-ethyl adjacent to an activating group) is 1. The molecule has 0 aliphatic carbocycles. The van der Waals surface area contributed by atoms with Gasteiger partial charge in [0.25, 0.3) is 0 Å². The van der Waals surface area contributed by atoms with Crippen LogP contribution in [-0.4, -0.2) is 71.9 Å². The first-order valence-corrected chi connectivity index (χ1v) is 13.3. The quantitative estimate of drug-likeness (QED) is 0.239. The van der Waals surface area contributed by atoms with E-state index in [1.165, 1.54) is 6.07 Å². The van der Waals surface area contributed by atoms with Crippen LogP contribution in [0.1, 0.15) is 32.9 Å². The number of hydrogen-bond donors (Lipinski definition) is 2. The predicted octanol–water partition coefficient (Wildman–Crippen LogP) is 3.51. The van der Waals surface area contributed by atoms with E-state index in [2.05, 4.69) is 44.2 Å². The zero-order chi connectivity index (χ0) is 27.2. The Morgan fingerprint density at radius 3 is 2.61 bits per heavy atom. The summed E-state index contributed by atoms with van der Waals surface area (Å²) < 4.78 is 23.0. The Bertz CT molecular complexity index is 1320. The molecule has 1 aromatic carbocycles. The van der Waals surface area contributed by atoms with Crippen molar-refractivity contribution in [3.63, 3.8) is 0 Å². The molecule has 0 bridgehead atoms. The minimum atomic E-state index is -0.519. The van der Waals surface area contributed by atoms with Gasteiger partial charge in [-0.25, -0.2) is 4.39 Å². The van der Waals surface area contributed by atoms with Crippen molar-refractivity contribution in [2.75, 3.05) is 39.3 Å². The number of benzene rings is 1. The number of hydrogen-bond acceptors (Lipinski definition) is 7. The van der Waals surface area contributed by atoms with E-state index in [4.69, 9.17) is 10.5 Å². The molecule has 2 aliphatic heterocycles. The van der Waals surface area contributed by atoms with Gasteiger partial charge in [0.05, 0.1) is 11.2 Å². The molecule has 2 aromatic rings. The van der Waals surface area contributed by atoms with Crippen LogP contribution >= 0.6 is 0 Å². The van der Waals surface area contributed by atoms with Crippen LogP contribution in [0.2, 0.25) is 0 Å². The molecule has 1 saturated heterocycles. The smallest absolute Gasteiger partial charge is 0.212 e. The number of halogens is 1. The predicted molar refractivity (Wildman–Crippen MR) is 150 cm³/mol. The molecule has 0 spiro atoms. The van der Waals surface area contributed by atoms with Crippen molar-refractivity contribution in [1.29, 1.82) is 5.26 Å². The zero-order valence-corrected chi connectivity index (χ0v) is 22.7. The Balaban J connectivity index is 1.49. The van der Waals surface area contributed by atoms with Gasteiger partial charge in [-0.2, -0.15) is 5.26 Å². The molecule has 202 valence electrons. The fraction of sp³-hybridized carbons (Fsp3) is 0.464. The Morgan fingerprint density at radius 1 is 1.24 bits per heavy atom. The van der Waals surface area contributed by atoms with Gasteiger partial charge in [0, 0.05) is 63.0 Å². The van der Waals surface area contributed by atoms with Crippen LogP contribution in [0, 0.1) is 24.1 Å². The minimum Gasteiger partial charge on any atom is -0.437 e. The third-order valence-electron chi connectivity index (χ3n) is 7.06. The molecule has 9 nitrogen and oxygen atoms in total. The number of ether oxygens (including phenoxy) is 1. The van der Waals surface area contributed by atoms with E-state index >= 15 is 4.39 Å². The zero-order valence-electron chi connectivity index (χ0n) is 22.7. The molecule has 3 N–H and O–H groups in total. The maximum atomic E-state index is 15.3. The molecule has 3 heterocycles. The first kappa shape index (κ1) is 27.2. The van der Waals surface area contributed by atoms with E-state index in [9.17, 15) is 5.26 Å². The summed E-state index contributed by atoms with van der Waals surface area (Å²) in [5.74, 6) is -0.507. The monoisotopic (exact) mass is 520 g/mol. The fourth-order valence-electron chi connectivity index (χ4n) is 4.96. The van der Waals surface area contributed by atoms with Gasteiger partial charge in [-0.1, -0.05) is 13.0 Å². The Labute approximate surface area is 223 Å². The number of rotatable bonds is 8. The largest absolute Gasteiger partial charge is 0.437 e. The normalized spacial score (nSPS) is 19.3. The van der Waals surface area contributed by atoms with Gasteiger partial charge >= 0.3 is 0 Å². The van der Waals surface area contributed by atoms with Crippen LogP contribution in [-0.2, 0) is 6.54 Å². The number of amidine groups is 1. The number of nitrogens with two attached hydrogens (primary N) is 1. The first-order valence-electron chi connectivity index (χ1n) is 13.3. The highest BCUT2D eigenvalue weighted by atomic mass is 19.1. The van der Waals surface area contributed by atoms with E-state index < -0.39 is 5.82 Å². The number of nitrogens with zero attached hydrogens (tertiary/aromatic N) is 6. The van der Waals surface area contributed by atoms with Crippen LogP contribution in [0.25, 0.3) is 10.9 Å². The van der Waals surface area contributed by atoms with Gasteiger partial charge in [-0.15, -0.1) is 0 Å². The second-order valence-electron chi connectivity index (χ2n) is 9.34. The Kier molecular flexibility index (Phi) is 8.69. The van der Waals surface area contributed by atoms with Crippen molar-refractivity contribution < 1.29 is 9.13 Å². The molecule has 0 unspecified atom stereocenters. The second kappa shape index (κ2) is 12.1. The number of allylic oxidation sites excluding steroid dienone is 1. The van der Waals surface area contributed by atoms with Crippen molar-refractivity contribution in [2.24, 2.45) is 15.7 Å². The van der Waals surface area contributed by atoms with Gasteiger partial charge in [-0.05, 0) is 45.5 Å². The molecule has 2 aliphatic rings. The van der Waals surface area contributed by atoms with Gasteiger partial charge in [0.1, 0.15) is 18.1 Å². The lowest BCUT2D eigenvalue weighted by atomic mass is 10.1. The molecular formula is C28H37FN8O. The fourth-order valence-corrected chi connectivity index (χ4v) is 4.96. The number of piperazine rings is 1. The molecule has 0 radical (unpaired) electrons. The number of nitriles is 1. The number of fused-ring (bicyclic) bond motifs is 1. The molecule has 4 rings (SSSR count). The summed E-state index contributed by atoms with van der Waals surface area (Å²) in [5, 5.41) is 13.6. The summed E-state index contributed by atoms with van der Waals surface area (Å²) in [7, 11) is 0. The lowest BCUT2D eigenvalue weighted by Gasteiger charge is -2.36. The van der Waals surface area contributed by atoms with E-state index in [0.717, 1.165) is 56.2 Å². The average molecular weight is 521 g/mol. The van der Waals surface area contributed by atoms with Crippen LogP contribution in [0.3, 0.4) is 0 Å². The lowest BCUT2D eigenvalue weighted by Crippen LogP contribution is -2.46. The van der Waals surface area contributed by atoms with Gasteiger partial charge in [0.15, 0.2) is 17.1 Å². The number of nitrogens with one attached hydrogen (secondary N) is 1. The molecule has 1 aromatic heterocycles. The van der Waals surface area contributed by atoms with Gasteiger partial charge in [0.2, 0.25) is 5.88 Å². The van der Waals surface area contributed by atoms with Gasteiger partial charge in [-0.3, -0.25) is 9.98 Å². The highest BCUT2D eigenvalue weighted by Gasteiger charge is 2.22. The minimum absolute atomic E-state index is 0.00863. The SMILES string of the molecule is CCN=C(N[C@@H]1CC=C(N2CCN(CC)CC2)C=N1)/C(C#N)=C(\N)Oc1ccc2c(cc(C)n2CC)c1F. The average Bonchev–Trinajstić information content (AvgIpc) is 3.27. The van der Waals surface area contributed by atoms with Crippen molar-refractivity contribution in [1.82, 2.24) is 19.7 Å². The molecule has 1 atom stereocenters. The summed E-state index contributed by atoms with van der Waals surface area (Å²) in [6, 6.07) is 7.19. The topological polar surface area (TPSA) is 107 Å². The number of dihydropyridines is 1. The molecule has 0 saturated carbocycles. The summed E-state index contributed by atoms with van der Waals surface area (Å²) in [6.07, 6.45) is 4.36. The molecule has 1 fully saturated rings. The van der Waals surface area contributed by atoms with Crippen molar-refractivity contribution in [2.45, 2.75) is 46.8 Å². The molecular weight excluding hydrogens is 483 g/mol. The number of aryl methyl sites for hydroxylation is 2. The van der Waals surface area contributed by atoms with E-state index in [0.29, 0.717) is 18.4 Å². The van der Waals surface area contributed by atoms with Crippen LogP contribution < -0.4 is 15.8 Å². The second-order valence-corrected chi connectivity index (χ2v) is 9.34. The van der Waals surface area contributed by atoms with E-state index in [-0.39, 0.29) is 29.2 Å². The third kappa shape index (κ3) is 5.68. The molecule has 10 heteroatoms. The lowest BCUT2D eigenvalue weighted by molar-refractivity contribution is 0.170. The number of aliphatic imine (C=N–C) groups is 2. The Hall–Kier alpha value is -3.84. The van der Waals surface area contributed by atoms with Crippen molar-refractivity contribution in [3.05, 3.63) is 52.9 Å². The number of aromatic nitrogens is 1. The third-order valence-corrected chi connectivity index (χ3v) is 7.06. The van der Waals surface area contributed by atoms with Gasteiger partial charge < -0.3 is 30.2 Å². The van der Waals surface area contributed by atoms with Crippen LogP contribution in [0.4, 0.5) is 4.39 Å². The maximum absolute atomic E-state index is 15.3. The van der Waals surface area contributed by atoms with Crippen molar-refractivity contribution >= 4 is 23.0 Å². The summed E-state index contributed by atoms with van der Waals surface area (Å²) in [5.41, 5.74) is 9.05.